The normalized spacial score (nSPS) is 17.6. The summed E-state index contributed by atoms with van der Waals surface area (Å²) >= 11 is 22.0. The maximum absolute atomic E-state index is 13.1. The molecule has 0 spiro atoms. The largest absolute Gasteiger partial charge is 0.478 e. The van der Waals surface area contributed by atoms with Crippen LogP contribution in [0.25, 0.3) is 11.8 Å². The monoisotopic (exact) mass is 651 g/mol. The fourth-order valence-electron chi connectivity index (χ4n) is 5.11. The van der Waals surface area contributed by atoms with E-state index in [1.807, 2.05) is 11.4 Å². The topological polar surface area (TPSA) is 82.0 Å². The molecule has 1 fully saturated rings. The lowest BCUT2D eigenvalue weighted by atomic mass is 9.92. The average Bonchev–Trinajstić information content (AvgIpc) is 3.40. The van der Waals surface area contributed by atoms with Crippen LogP contribution in [0.3, 0.4) is 0 Å². The Morgan fingerprint density at radius 1 is 1.20 bits per heavy atom. The molecule has 0 unspecified atom stereocenters. The van der Waals surface area contributed by atoms with Crippen LogP contribution >= 0.6 is 57.9 Å². The van der Waals surface area contributed by atoms with E-state index < -0.39 is 5.97 Å². The number of carboxylic acid groups (broad SMARTS) is 1. The van der Waals surface area contributed by atoms with E-state index in [2.05, 4.69) is 28.0 Å². The molecule has 2 heterocycles. The molecule has 1 aromatic carbocycles. The number of aliphatic imine (C=N–C) groups is 1. The SMILES string of the molecule is C=N/C(=C(\SCNC(=O)c1cc(Cl)c(/C=C(\C)C(=O)O)c(Cl)c1)C1=CCCN(C2CCCCC2)C1)c1cc(Cl)cs1. The van der Waals surface area contributed by atoms with Crippen molar-refractivity contribution in [2.75, 3.05) is 19.0 Å². The highest BCUT2D eigenvalue weighted by atomic mass is 35.5. The van der Waals surface area contributed by atoms with Gasteiger partial charge < -0.3 is 10.4 Å². The van der Waals surface area contributed by atoms with E-state index in [4.69, 9.17) is 39.9 Å². The Bertz CT molecular complexity index is 1390. The van der Waals surface area contributed by atoms with Crippen LogP contribution in [0.5, 0.6) is 0 Å². The highest BCUT2D eigenvalue weighted by molar-refractivity contribution is 8.03. The van der Waals surface area contributed by atoms with Gasteiger partial charge in [0.25, 0.3) is 5.91 Å². The van der Waals surface area contributed by atoms with Gasteiger partial charge in [0, 0.05) is 46.1 Å². The Hall–Kier alpha value is -2.07. The maximum Gasteiger partial charge on any atom is 0.331 e. The first-order chi connectivity index (χ1) is 19.7. The van der Waals surface area contributed by atoms with Crippen LogP contribution in [0.4, 0.5) is 0 Å². The molecule has 11 heteroatoms. The molecule has 2 aliphatic rings. The van der Waals surface area contributed by atoms with Crippen LogP contribution in [0.2, 0.25) is 15.1 Å². The lowest BCUT2D eigenvalue weighted by molar-refractivity contribution is -0.132. The molecule has 1 amide bonds. The van der Waals surface area contributed by atoms with E-state index >= 15 is 0 Å². The second-order valence-electron chi connectivity index (χ2n) is 10.0. The van der Waals surface area contributed by atoms with Crippen LogP contribution in [0.1, 0.15) is 66.2 Å². The molecule has 1 aliphatic carbocycles. The fraction of sp³-hybridized carbons (Fsp3) is 0.367. The number of carbonyl (C=O) groups is 2. The molecule has 2 N–H and O–H groups in total. The molecule has 6 nitrogen and oxygen atoms in total. The molecule has 0 atom stereocenters. The van der Waals surface area contributed by atoms with Crippen LogP contribution in [-0.4, -0.2) is 53.6 Å². The van der Waals surface area contributed by atoms with Crippen LogP contribution in [-0.2, 0) is 4.79 Å². The number of thiophene rings is 1. The van der Waals surface area contributed by atoms with Gasteiger partial charge in [-0.2, -0.15) is 0 Å². The molecule has 1 aliphatic heterocycles. The van der Waals surface area contributed by atoms with Gasteiger partial charge in [0.15, 0.2) is 0 Å². The zero-order valence-corrected chi connectivity index (χ0v) is 26.6. The molecule has 0 radical (unpaired) electrons. The van der Waals surface area contributed by atoms with Gasteiger partial charge in [0.1, 0.15) is 0 Å². The number of nitrogens with one attached hydrogen (secondary N) is 1. The second kappa shape index (κ2) is 14.9. The van der Waals surface area contributed by atoms with Crippen molar-refractivity contribution in [2.45, 2.75) is 51.5 Å². The molecule has 4 rings (SSSR count). The molecule has 1 aromatic heterocycles. The van der Waals surface area contributed by atoms with Crippen molar-refractivity contribution in [3.05, 3.63) is 76.8 Å². The molecule has 0 saturated heterocycles. The minimum Gasteiger partial charge on any atom is -0.478 e. The fourth-order valence-corrected chi connectivity index (χ4v) is 7.85. The quantitative estimate of drug-likeness (QED) is 0.153. The van der Waals surface area contributed by atoms with Gasteiger partial charge >= 0.3 is 5.97 Å². The van der Waals surface area contributed by atoms with Gasteiger partial charge in [-0.15, -0.1) is 23.1 Å². The maximum atomic E-state index is 13.1. The van der Waals surface area contributed by atoms with Crippen LogP contribution in [0.15, 0.2) is 50.7 Å². The number of amides is 1. The average molecular weight is 653 g/mol. The van der Waals surface area contributed by atoms with Crippen molar-refractivity contribution in [1.29, 1.82) is 0 Å². The number of hydrogen-bond acceptors (Lipinski definition) is 6. The minimum atomic E-state index is -1.08. The number of hydrogen-bond donors (Lipinski definition) is 2. The predicted octanol–water partition coefficient (Wildman–Crippen LogP) is 8.65. The van der Waals surface area contributed by atoms with Gasteiger partial charge in [-0.25, -0.2) is 4.79 Å². The van der Waals surface area contributed by atoms with E-state index in [1.165, 1.54) is 85.9 Å². The van der Waals surface area contributed by atoms with Crippen molar-refractivity contribution in [3.8, 4) is 0 Å². The summed E-state index contributed by atoms with van der Waals surface area (Å²) in [4.78, 5) is 33.2. The summed E-state index contributed by atoms with van der Waals surface area (Å²) in [6.07, 6.45) is 11.0. The number of rotatable bonds is 10. The third-order valence-corrected chi connectivity index (χ3v) is 10.2. The van der Waals surface area contributed by atoms with Crippen molar-refractivity contribution < 1.29 is 14.7 Å². The van der Waals surface area contributed by atoms with E-state index in [-0.39, 0.29) is 33.0 Å². The molecule has 0 bridgehead atoms. The van der Waals surface area contributed by atoms with Crippen LogP contribution < -0.4 is 5.32 Å². The summed E-state index contributed by atoms with van der Waals surface area (Å²) < 4.78 is 0. The van der Waals surface area contributed by atoms with Crippen molar-refractivity contribution in [3.63, 3.8) is 0 Å². The zero-order valence-electron chi connectivity index (χ0n) is 22.7. The summed E-state index contributed by atoms with van der Waals surface area (Å²) in [5, 5.41) is 15.0. The summed E-state index contributed by atoms with van der Waals surface area (Å²) in [5.74, 6) is -1.14. The first kappa shape index (κ1) is 31.9. The summed E-state index contributed by atoms with van der Waals surface area (Å²) in [6.45, 7) is 7.19. The van der Waals surface area contributed by atoms with Gasteiger partial charge in [-0.3, -0.25) is 14.7 Å². The summed E-state index contributed by atoms with van der Waals surface area (Å²) in [7, 11) is 0. The number of thioether (sulfide) groups is 1. The van der Waals surface area contributed by atoms with E-state index in [9.17, 15) is 9.59 Å². The molecular formula is C30H32Cl3N3O3S2. The standard InChI is InChI=1S/C30H32Cl3N3O3S2/c1-18(30(38)39)11-23-24(32)12-20(13-25(23)33)29(37)35-17-41-28(27(34-2)26-14-21(31)16-40-26)19-7-6-10-36(15-19)22-8-4-3-5-9-22/h7,11-14,16,22H,2-6,8-10,15,17H2,1H3,(H,35,37)(H,38,39)/b18-11+,28-27-. The number of carboxylic acids is 1. The number of nitrogens with zero attached hydrogens (tertiary/aromatic N) is 2. The lowest BCUT2D eigenvalue weighted by Gasteiger charge is -2.37. The first-order valence-electron chi connectivity index (χ1n) is 13.4. The Morgan fingerprint density at radius 2 is 1.90 bits per heavy atom. The van der Waals surface area contributed by atoms with Gasteiger partial charge in [0.2, 0.25) is 0 Å². The smallest absolute Gasteiger partial charge is 0.331 e. The highest BCUT2D eigenvalue weighted by Crippen LogP contribution is 2.39. The number of carbonyl (C=O) groups excluding carboxylic acids is 1. The molecule has 218 valence electrons. The Labute approximate surface area is 264 Å². The third kappa shape index (κ3) is 8.27. The van der Waals surface area contributed by atoms with E-state index in [0.717, 1.165) is 35.0 Å². The Morgan fingerprint density at radius 3 is 2.51 bits per heavy atom. The predicted molar refractivity (Wildman–Crippen MR) is 175 cm³/mol. The number of halogens is 3. The van der Waals surface area contributed by atoms with Gasteiger partial charge in [0.05, 0.1) is 31.5 Å². The van der Waals surface area contributed by atoms with E-state index in [1.54, 1.807) is 0 Å². The molecule has 41 heavy (non-hydrogen) atoms. The van der Waals surface area contributed by atoms with Gasteiger partial charge in [-0.1, -0.05) is 60.1 Å². The highest BCUT2D eigenvalue weighted by Gasteiger charge is 2.26. The van der Waals surface area contributed by atoms with Crippen molar-refractivity contribution in [1.82, 2.24) is 10.2 Å². The molecular weight excluding hydrogens is 621 g/mol. The number of benzene rings is 1. The second-order valence-corrected chi connectivity index (χ2v) is 13.2. The first-order valence-corrected chi connectivity index (χ1v) is 16.4. The van der Waals surface area contributed by atoms with Gasteiger partial charge in [-0.05, 0) is 62.8 Å². The Balaban J connectivity index is 1.54. The summed E-state index contributed by atoms with van der Waals surface area (Å²) in [6, 6.07) is 5.47. The van der Waals surface area contributed by atoms with Crippen LogP contribution in [0, 0.1) is 0 Å². The third-order valence-electron chi connectivity index (χ3n) is 7.23. The van der Waals surface area contributed by atoms with Crippen molar-refractivity contribution in [2.24, 2.45) is 4.99 Å². The molecule has 1 saturated carbocycles. The minimum absolute atomic E-state index is 0.0828. The van der Waals surface area contributed by atoms with E-state index in [0.29, 0.717) is 16.6 Å². The number of aliphatic carboxylic acids is 1. The molecule has 2 aromatic rings. The Kier molecular flexibility index (Phi) is 11.6. The zero-order chi connectivity index (χ0) is 29.5. The van der Waals surface area contributed by atoms with Crippen molar-refractivity contribution >= 4 is 88.3 Å². The lowest BCUT2D eigenvalue weighted by Crippen LogP contribution is -2.40. The summed E-state index contributed by atoms with van der Waals surface area (Å²) in [5.41, 5.74) is 2.66.